The van der Waals surface area contributed by atoms with Gasteiger partial charge in [-0.3, -0.25) is 0 Å². The molecule has 60 valence electrons. The fraction of sp³-hybridized carbons (Fsp3) is 0.333. The van der Waals surface area contributed by atoms with E-state index in [0.717, 1.165) is 5.75 Å². The third-order valence-electron chi connectivity index (χ3n) is 1.38. The molecule has 0 bridgehead atoms. The first-order chi connectivity index (χ1) is 5.33. The summed E-state index contributed by atoms with van der Waals surface area (Å²) in [5.74, 6) is 0.810. The Hall–Kier alpha value is -1.02. The van der Waals surface area contributed by atoms with Crippen LogP contribution in [-0.2, 0) is 0 Å². The van der Waals surface area contributed by atoms with Crippen LogP contribution < -0.4 is 4.74 Å². The van der Waals surface area contributed by atoms with E-state index in [0.29, 0.717) is 6.61 Å². The molecule has 0 unspecified atom stereocenters. The van der Waals surface area contributed by atoms with Gasteiger partial charge in [-0.05, 0) is 19.1 Å². The predicted octanol–water partition coefficient (Wildman–Crippen LogP) is 1.37. The van der Waals surface area contributed by atoms with E-state index in [1.165, 1.54) is 5.56 Å². The second-order valence-electron chi connectivity index (χ2n) is 2.39. The minimum atomic E-state index is 0.0634. The molecule has 0 aliphatic rings. The topological polar surface area (TPSA) is 29.5 Å². The van der Waals surface area contributed by atoms with E-state index in [1.807, 2.05) is 31.2 Å². The SMILES string of the molecule is Cc1ccc(OCCO)cc1. The summed E-state index contributed by atoms with van der Waals surface area (Å²) < 4.78 is 5.16. The van der Waals surface area contributed by atoms with Crippen LogP contribution in [0.15, 0.2) is 24.3 Å². The third kappa shape index (κ3) is 2.60. The van der Waals surface area contributed by atoms with Crippen molar-refractivity contribution in [1.29, 1.82) is 0 Å². The van der Waals surface area contributed by atoms with Gasteiger partial charge in [0.1, 0.15) is 12.4 Å². The lowest BCUT2D eigenvalue weighted by molar-refractivity contribution is 0.201. The predicted molar refractivity (Wildman–Crippen MR) is 43.8 cm³/mol. The number of ether oxygens (including phenoxy) is 1. The Labute approximate surface area is 66.4 Å². The van der Waals surface area contributed by atoms with Crippen LogP contribution in [0.2, 0.25) is 0 Å². The Bertz CT molecular complexity index is 203. The number of rotatable bonds is 3. The maximum Gasteiger partial charge on any atom is 0.119 e. The fourth-order valence-electron chi connectivity index (χ4n) is 0.798. The molecule has 0 fully saturated rings. The molecule has 1 aromatic carbocycles. The third-order valence-corrected chi connectivity index (χ3v) is 1.38. The van der Waals surface area contributed by atoms with Crippen molar-refractivity contribution in [2.24, 2.45) is 0 Å². The zero-order valence-corrected chi connectivity index (χ0v) is 6.58. The Morgan fingerprint density at radius 1 is 1.27 bits per heavy atom. The summed E-state index contributed by atoms with van der Waals surface area (Å²) in [7, 11) is 0. The first-order valence-electron chi connectivity index (χ1n) is 3.63. The number of benzene rings is 1. The quantitative estimate of drug-likeness (QED) is 0.708. The maximum atomic E-state index is 8.46. The molecule has 0 aliphatic carbocycles. The van der Waals surface area contributed by atoms with Gasteiger partial charge in [-0.25, -0.2) is 0 Å². The van der Waals surface area contributed by atoms with E-state index < -0.39 is 0 Å². The Balaban J connectivity index is 2.52. The van der Waals surface area contributed by atoms with Crippen molar-refractivity contribution in [3.8, 4) is 5.75 Å². The summed E-state index contributed by atoms with van der Waals surface area (Å²) in [5, 5.41) is 8.46. The highest BCUT2D eigenvalue weighted by Crippen LogP contribution is 2.10. The zero-order valence-electron chi connectivity index (χ0n) is 6.58. The van der Waals surface area contributed by atoms with Gasteiger partial charge in [0, 0.05) is 0 Å². The van der Waals surface area contributed by atoms with Crippen molar-refractivity contribution >= 4 is 0 Å². The van der Waals surface area contributed by atoms with Crippen molar-refractivity contribution in [3.63, 3.8) is 0 Å². The molecule has 0 saturated carbocycles. The van der Waals surface area contributed by atoms with Crippen LogP contribution in [0.4, 0.5) is 0 Å². The first kappa shape index (κ1) is 8.08. The van der Waals surface area contributed by atoms with Gasteiger partial charge in [-0.1, -0.05) is 17.7 Å². The molecule has 0 spiro atoms. The maximum absolute atomic E-state index is 8.46. The van der Waals surface area contributed by atoms with Crippen LogP contribution >= 0.6 is 0 Å². The first-order valence-corrected chi connectivity index (χ1v) is 3.63. The van der Waals surface area contributed by atoms with Crippen molar-refractivity contribution < 1.29 is 9.84 Å². The molecule has 1 rings (SSSR count). The Morgan fingerprint density at radius 2 is 1.91 bits per heavy atom. The van der Waals surface area contributed by atoms with E-state index >= 15 is 0 Å². The molecule has 0 amide bonds. The number of hydrogen-bond acceptors (Lipinski definition) is 2. The molecule has 0 saturated heterocycles. The summed E-state index contributed by atoms with van der Waals surface area (Å²) in [6, 6.07) is 7.75. The van der Waals surface area contributed by atoms with Gasteiger partial charge in [0.05, 0.1) is 6.61 Å². The van der Waals surface area contributed by atoms with Crippen molar-refractivity contribution in [2.45, 2.75) is 6.92 Å². The lowest BCUT2D eigenvalue weighted by Crippen LogP contribution is -2.01. The average molecular weight is 152 g/mol. The second-order valence-corrected chi connectivity index (χ2v) is 2.39. The number of aliphatic hydroxyl groups excluding tert-OH is 1. The molecule has 0 atom stereocenters. The Morgan fingerprint density at radius 3 is 2.45 bits per heavy atom. The van der Waals surface area contributed by atoms with Gasteiger partial charge < -0.3 is 9.84 Å². The summed E-state index contributed by atoms with van der Waals surface area (Å²) in [5.41, 5.74) is 1.21. The molecule has 0 heterocycles. The summed E-state index contributed by atoms with van der Waals surface area (Å²) in [6.07, 6.45) is 0. The van der Waals surface area contributed by atoms with E-state index in [1.54, 1.807) is 0 Å². The molecule has 0 aromatic heterocycles. The molecule has 2 nitrogen and oxygen atoms in total. The van der Waals surface area contributed by atoms with E-state index in [2.05, 4.69) is 0 Å². The molecule has 2 heteroatoms. The van der Waals surface area contributed by atoms with E-state index in [9.17, 15) is 0 Å². The second kappa shape index (κ2) is 3.98. The van der Waals surface area contributed by atoms with E-state index in [-0.39, 0.29) is 6.61 Å². The smallest absolute Gasteiger partial charge is 0.119 e. The van der Waals surface area contributed by atoms with Crippen molar-refractivity contribution in [1.82, 2.24) is 0 Å². The largest absolute Gasteiger partial charge is 0.491 e. The van der Waals surface area contributed by atoms with Gasteiger partial charge in [0.15, 0.2) is 0 Å². The molecule has 1 N–H and O–H groups in total. The molecular formula is C9H12O2. The number of hydrogen-bond donors (Lipinski definition) is 1. The minimum absolute atomic E-state index is 0.0634. The van der Waals surface area contributed by atoms with Crippen LogP contribution in [0.1, 0.15) is 5.56 Å². The summed E-state index contributed by atoms with van der Waals surface area (Å²) in [6.45, 7) is 2.45. The molecular weight excluding hydrogens is 140 g/mol. The number of aliphatic hydroxyl groups is 1. The molecule has 11 heavy (non-hydrogen) atoms. The standard InChI is InChI=1S/C9H12O2/c1-8-2-4-9(5-3-8)11-7-6-10/h2-5,10H,6-7H2,1H3. The van der Waals surface area contributed by atoms with Crippen molar-refractivity contribution in [3.05, 3.63) is 29.8 Å². The molecule has 0 aliphatic heterocycles. The highest BCUT2D eigenvalue weighted by Gasteiger charge is 1.90. The monoisotopic (exact) mass is 152 g/mol. The highest BCUT2D eigenvalue weighted by atomic mass is 16.5. The normalized spacial score (nSPS) is 9.64. The molecule has 1 aromatic rings. The van der Waals surface area contributed by atoms with Gasteiger partial charge in [-0.15, -0.1) is 0 Å². The summed E-state index contributed by atoms with van der Waals surface area (Å²) >= 11 is 0. The van der Waals surface area contributed by atoms with Crippen LogP contribution in [0.25, 0.3) is 0 Å². The molecule has 0 radical (unpaired) electrons. The fourth-order valence-corrected chi connectivity index (χ4v) is 0.798. The van der Waals surface area contributed by atoms with Gasteiger partial charge >= 0.3 is 0 Å². The summed E-state index contributed by atoms with van der Waals surface area (Å²) in [4.78, 5) is 0. The van der Waals surface area contributed by atoms with Crippen LogP contribution in [-0.4, -0.2) is 18.3 Å². The van der Waals surface area contributed by atoms with Gasteiger partial charge in [0.2, 0.25) is 0 Å². The van der Waals surface area contributed by atoms with Crippen LogP contribution in [0, 0.1) is 6.92 Å². The lowest BCUT2D eigenvalue weighted by Gasteiger charge is -2.02. The zero-order chi connectivity index (χ0) is 8.10. The van der Waals surface area contributed by atoms with Crippen LogP contribution in [0.5, 0.6) is 5.75 Å². The average Bonchev–Trinajstić information content (AvgIpc) is 2.04. The lowest BCUT2D eigenvalue weighted by atomic mass is 10.2. The van der Waals surface area contributed by atoms with Gasteiger partial charge in [-0.2, -0.15) is 0 Å². The Kier molecular flexibility index (Phi) is 2.93. The van der Waals surface area contributed by atoms with Crippen molar-refractivity contribution in [2.75, 3.05) is 13.2 Å². The van der Waals surface area contributed by atoms with Crippen LogP contribution in [0.3, 0.4) is 0 Å². The number of aryl methyl sites for hydroxylation is 1. The van der Waals surface area contributed by atoms with E-state index in [4.69, 9.17) is 9.84 Å². The highest BCUT2D eigenvalue weighted by molar-refractivity contribution is 5.26. The van der Waals surface area contributed by atoms with Gasteiger partial charge in [0.25, 0.3) is 0 Å². The minimum Gasteiger partial charge on any atom is -0.491 e.